The second-order valence-corrected chi connectivity index (χ2v) is 11.2. The summed E-state index contributed by atoms with van der Waals surface area (Å²) < 4.78 is 0. The van der Waals surface area contributed by atoms with Crippen molar-refractivity contribution >= 4 is 11.8 Å². The normalized spacial score (nSPS) is 21.9. The fourth-order valence-electron chi connectivity index (χ4n) is 6.56. The Morgan fingerprint density at radius 1 is 0.943 bits per heavy atom. The molecule has 3 fully saturated rings. The molecule has 1 heterocycles. The number of benzene rings is 1. The third-order valence-electron chi connectivity index (χ3n) is 8.47. The highest BCUT2D eigenvalue weighted by Gasteiger charge is 2.42. The van der Waals surface area contributed by atoms with E-state index < -0.39 is 6.04 Å². The van der Waals surface area contributed by atoms with Gasteiger partial charge in [0.1, 0.15) is 6.04 Å². The van der Waals surface area contributed by atoms with Gasteiger partial charge < -0.3 is 15.1 Å². The summed E-state index contributed by atoms with van der Waals surface area (Å²) in [7, 11) is 0. The van der Waals surface area contributed by atoms with Crippen LogP contribution in [-0.2, 0) is 4.79 Å². The number of nitrogens with one attached hydrogen (secondary N) is 1. The molecule has 0 aromatic heterocycles. The number of carbonyl (C=O) groups excluding carboxylic acids is 2. The van der Waals surface area contributed by atoms with E-state index in [1.165, 1.54) is 38.5 Å². The molecule has 2 amide bonds. The van der Waals surface area contributed by atoms with E-state index in [9.17, 15) is 9.59 Å². The van der Waals surface area contributed by atoms with Crippen LogP contribution < -0.4 is 5.32 Å². The van der Waals surface area contributed by atoms with Crippen LogP contribution in [0.25, 0.3) is 0 Å². The number of amides is 2. The number of hydrogen-bond donors (Lipinski definition) is 1. The van der Waals surface area contributed by atoms with Gasteiger partial charge in [-0.2, -0.15) is 0 Å². The first-order valence-corrected chi connectivity index (χ1v) is 14.1. The summed E-state index contributed by atoms with van der Waals surface area (Å²) in [5.41, 5.74) is 1.62. The lowest BCUT2D eigenvalue weighted by molar-refractivity contribution is -0.129. The predicted octanol–water partition coefficient (Wildman–Crippen LogP) is 5.57. The van der Waals surface area contributed by atoms with Gasteiger partial charge in [-0.3, -0.25) is 9.59 Å². The standard InChI is InChI=1S/C30H45N3O2/c1-23(2)22-31-29(34)28(24-18-20-32(21-19-24)26-14-8-4-9-15-26)33(27-16-10-5-11-17-27)30(35)25-12-6-3-7-13-25/h3,6-7,12-13,24,26-28H,1,4-5,8-11,14-22H2,2H3,(H,31,34). The van der Waals surface area contributed by atoms with Gasteiger partial charge in [-0.25, -0.2) is 0 Å². The van der Waals surface area contributed by atoms with E-state index in [1.54, 1.807) is 0 Å². The Balaban J connectivity index is 1.58. The molecule has 0 radical (unpaired) electrons. The van der Waals surface area contributed by atoms with Crippen molar-refractivity contribution in [2.45, 2.75) is 102 Å². The van der Waals surface area contributed by atoms with Crippen molar-refractivity contribution in [1.29, 1.82) is 0 Å². The fraction of sp³-hybridized carbons (Fsp3) is 0.667. The predicted molar refractivity (Wildman–Crippen MR) is 142 cm³/mol. The smallest absolute Gasteiger partial charge is 0.254 e. The van der Waals surface area contributed by atoms with E-state index in [0.717, 1.165) is 57.2 Å². The zero-order chi connectivity index (χ0) is 24.6. The number of nitrogens with zero attached hydrogens (tertiary/aromatic N) is 2. The minimum atomic E-state index is -0.418. The minimum absolute atomic E-state index is 0.000953. The second kappa shape index (κ2) is 12.7. The van der Waals surface area contributed by atoms with Gasteiger partial charge in [0, 0.05) is 24.2 Å². The van der Waals surface area contributed by atoms with E-state index in [4.69, 9.17) is 0 Å². The van der Waals surface area contributed by atoms with E-state index >= 15 is 0 Å². The van der Waals surface area contributed by atoms with Crippen molar-refractivity contribution in [3.8, 4) is 0 Å². The molecule has 2 aliphatic carbocycles. The maximum atomic E-state index is 14.0. The Morgan fingerprint density at radius 2 is 1.54 bits per heavy atom. The Labute approximate surface area is 212 Å². The van der Waals surface area contributed by atoms with Crippen molar-refractivity contribution in [2.24, 2.45) is 5.92 Å². The van der Waals surface area contributed by atoms with Crippen LogP contribution in [0, 0.1) is 5.92 Å². The monoisotopic (exact) mass is 479 g/mol. The lowest BCUT2D eigenvalue weighted by atomic mass is 9.83. The first-order chi connectivity index (χ1) is 17.0. The molecule has 0 bridgehead atoms. The van der Waals surface area contributed by atoms with Crippen molar-refractivity contribution < 1.29 is 9.59 Å². The molecule has 1 aliphatic heterocycles. The number of hydrogen-bond acceptors (Lipinski definition) is 3. The van der Waals surface area contributed by atoms with E-state index in [1.807, 2.05) is 42.2 Å². The van der Waals surface area contributed by atoms with Gasteiger partial charge in [0.25, 0.3) is 5.91 Å². The highest BCUT2D eigenvalue weighted by Crippen LogP contribution is 2.34. The Kier molecular flexibility index (Phi) is 9.42. The van der Waals surface area contributed by atoms with Crippen LogP contribution in [0.2, 0.25) is 0 Å². The molecule has 5 heteroatoms. The molecule has 4 rings (SSSR count). The molecule has 5 nitrogen and oxygen atoms in total. The average molecular weight is 480 g/mol. The van der Waals surface area contributed by atoms with Crippen molar-refractivity contribution in [3.05, 3.63) is 48.0 Å². The van der Waals surface area contributed by atoms with Crippen LogP contribution in [0.15, 0.2) is 42.5 Å². The first kappa shape index (κ1) is 25.9. The van der Waals surface area contributed by atoms with Crippen LogP contribution in [0.1, 0.15) is 94.3 Å². The maximum absolute atomic E-state index is 14.0. The second-order valence-electron chi connectivity index (χ2n) is 11.2. The highest BCUT2D eigenvalue weighted by atomic mass is 16.2. The lowest BCUT2D eigenvalue weighted by Gasteiger charge is -2.46. The van der Waals surface area contributed by atoms with Gasteiger partial charge in [-0.15, -0.1) is 0 Å². The Morgan fingerprint density at radius 3 is 2.14 bits per heavy atom. The van der Waals surface area contributed by atoms with Gasteiger partial charge in [0.05, 0.1) is 0 Å². The third-order valence-corrected chi connectivity index (χ3v) is 8.47. The Hall–Kier alpha value is -2.14. The van der Waals surface area contributed by atoms with Gasteiger partial charge in [-0.05, 0) is 76.6 Å². The molecule has 3 aliphatic rings. The molecule has 1 N–H and O–H groups in total. The summed E-state index contributed by atoms with van der Waals surface area (Å²) in [5.74, 6) is 0.205. The largest absolute Gasteiger partial charge is 0.351 e. The van der Waals surface area contributed by atoms with E-state index in [2.05, 4.69) is 16.8 Å². The van der Waals surface area contributed by atoms with Gasteiger partial charge in [-0.1, -0.05) is 68.9 Å². The van der Waals surface area contributed by atoms with Crippen molar-refractivity contribution in [2.75, 3.05) is 19.6 Å². The first-order valence-electron chi connectivity index (χ1n) is 14.1. The summed E-state index contributed by atoms with van der Waals surface area (Å²) in [6.07, 6.45) is 14.1. The van der Waals surface area contributed by atoms with Gasteiger partial charge in [0.15, 0.2) is 0 Å². The van der Waals surface area contributed by atoms with Crippen molar-refractivity contribution in [1.82, 2.24) is 15.1 Å². The molecular formula is C30H45N3O2. The molecule has 192 valence electrons. The zero-order valence-electron chi connectivity index (χ0n) is 21.7. The van der Waals surface area contributed by atoms with Crippen LogP contribution >= 0.6 is 0 Å². The van der Waals surface area contributed by atoms with Crippen molar-refractivity contribution in [3.63, 3.8) is 0 Å². The molecule has 2 saturated carbocycles. The van der Waals surface area contributed by atoms with E-state index in [0.29, 0.717) is 18.2 Å². The number of rotatable bonds is 8. The SMILES string of the molecule is C=C(C)CNC(=O)C(C1CCN(C2CCCCC2)CC1)N(C(=O)c1ccccc1)C1CCCCC1. The van der Waals surface area contributed by atoms with Crippen LogP contribution in [0.3, 0.4) is 0 Å². The summed E-state index contributed by atoms with van der Waals surface area (Å²) in [6, 6.07) is 10.0. The molecule has 1 aromatic carbocycles. The molecule has 1 unspecified atom stereocenters. The highest BCUT2D eigenvalue weighted by molar-refractivity contribution is 5.98. The third kappa shape index (κ3) is 6.75. The lowest BCUT2D eigenvalue weighted by Crippen LogP contribution is -2.59. The number of likely N-dealkylation sites (tertiary alicyclic amines) is 1. The minimum Gasteiger partial charge on any atom is -0.351 e. The van der Waals surface area contributed by atoms with Crippen LogP contribution in [0.4, 0.5) is 0 Å². The Bertz CT molecular complexity index is 834. The number of piperidine rings is 1. The van der Waals surface area contributed by atoms with Gasteiger partial charge in [0.2, 0.25) is 5.91 Å². The van der Waals surface area contributed by atoms with Gasteiger partial charge >= 0.3 is 0 Å². The zero-order valence-corrected chi connectivity index (χ0v) is 21.7. The summed E-state index contributed by atoms with van der Waals surface area (Å²) in [5, 5.41) is 3.13. The molecule has 1 aromatic rings. The summed E-state index contributed by atoms with van der Waals surface area (Å²) in [6.45, 7) is 8.46. The quantitative estimate of drug-likeness (QED) is 0.496. The molecule has 1 atom stereocenters. The topological polar surface area (TPSA) is 52.7 Å². The van der Waals surface area contributed by atoms with Crippen LogP contribution in [0.5, 0.6) is 0 Å². The summed E-state index contributed by atoms with van der Waals surface area (Å²) in [4.78, 5) is 32.5. The van der Waals surface area contributed by atoms with E-state index in [-0.39, 0.29) is 23.8 Å². The number of carbonyl (C=O) groups is 2. The average Bonchev–Trinajstić information content (AvgIpc) is 2.91. The molecule has 0 spiro atoms. The van der Waals surface area contributed by atoms with Crippen LogP contribution in [-0.4, -0.2) is 59.4 Å². The molecule has 1 saturated heterocycles. The molecule has 35 heavy (non-hydrogen) atoms. The summed E-state index contributed by atoms with van der Waals surface area (Å²) >= 11 is 0. The fourth-order valence-corrected chi connectivity index (χ4v) is 6.56. The maximum Gasteiger partial charge on any atom is 0.254 e. The molecular weight excluding hydrogens is 434 g/mol.